The van der Waals surface area contributed by atoms with Gasteiger partial charge in [-0.2, -0.15) is 0 Å². The van der Waals surface area contributed by atoms with E-state index >= 15 is 0 Å². The summed E-state index contributed by atoms with van der Waals surface area (Å²) in [7, 11) is -3.17. The zero-order valence-electron chi connectivity index (χ0n) is 14.0. The average Bonchev–Trinajstić information content (AvgIpc) is 2.49. The third-order valence-electron chi connectivity index (χ3n) is 5.04. The molecule has 1 aliphatic carbocycles. The largest absolute Gasteiger partial charge is 0.393 e. The molecule has 2 rings (SSSR count). The Labute approximate surface area is 138 Å². The molecule has 0 aromatic heterocycles. The lowest BCUT2D eigenvalue weighted by Crippen LogP contribution is -2.55. The Morgan fingerprint density at radius 1 is 1.17 bits per heavy atom. The highest BCUT2D eigenvalue weighted by molar-refractivity contribution is 7.88. The molecule has 2 atom stereocenters. The fraction of sp³-hybridized carbons (Fsp3) is 0.933. The molecular formula is C15H29N3O4S. The van der Waals surface area contributed by atoms with Gasteiger partial charge in [-0.3, -0.25) is 0 Å². The van der Waals surface area contributed by atoms with Crippen LogP contribution in [0.25, 0.3) is 0 Å². The van der Waals surface area contributed by atoms with E-state index in [9.17, 15) is 18.3 Å². The van der Waals surface area contributed by atoms with Crippen molar-refractivity contribution in [3.63, 3.8) is 0 Å². The molecule has 0 radical (unpaired) electrons. The van der Waals surface area contributed by atoms with E-state index < -0.39 is 10.0 Å². The first kappa shape index (κ1) is 18.5. The molecule has 0 bridgehead atoms. The summed E-state index contributed by atoms with van der Waals surface area (Å²) in [6.45, 7) is 2.94. The van der Waals surface area contributed by atoms with E-state index in [1.165, 1.54) is 10.6 Å². The van der Waals surface area contributed by atoms with Crippen molar-refractivity contribution in [1.82, 2.24) is 14.9 Å². The van der Waals surface area contributed by atoms with E-state index in [4.69, 9.17) is 0 Å². The number of urea groups is 1. The zero-order valence-corrected chi connectivity index (χ0v) is 14.8. The number of nitrogens with one attached hydrogen (secondary N) is 2. The van der Waals surface area contributed by atoms with Crippen molar-refractivity contribution in [3.8, 4) is 0 Å². The van der Waals surface area contributed by atoms with Gasteiger partial charge in [0.25, 0.3) is 0 Å². The van der Waals surface area contributed by atoms with Crippen LogP contribution in [0.2, 0.25) is 0 Å². The SMILES string of the molecule is CCC1CN(S(C)(=O)=O)CCC1NC(=O)NC1CCC(O)CC1. The molecule has 2 aliphatic rings. The predicted molar refractivity (Wildman–Crippen MR) is 88.5 cm³/mol. The molecule has 2 fully saturated rings. The van der Waals surface area contributed by atoms with Crippen molar-refractivity contribution >= 4 is 16.1 Å². The third-order valence-corrected chi connectivity index (χ3v) is 6.31. The number of carbonyl (C=O) groups is 1. The number of aliphatic hydroxyl groups is 1. The molecule has 1 saturated heterocycles. The van der Waals surface area contributed by atoms with Gasteiger partial charge in [0, 0.05) is 25.2 Å². The smallest absolute Gasteiger partial charge is 0.315 e. The lowest BCUT2D eigenvalue weighted by atomic mass is 9.91. The van der Waals surface area contributed by atoms with Crippen molar-refractivity contribution in [2.75, 3.05) is 19.3 Å². The molecule has 7 nitrogen and oxygen atoms in total. The molecule has 2 unspecified atom stereocenters. The summed E-state index contributed by atoms with van der Waals surface area (Å²) in [5, 5.41) is 15.5. The van der Waals surface area contributed by atoms with Gasteiger partial charge in [0.05, 0.1) is 12.4 Å². The molecule has 23 heavy (non-hydrogen) atoms. The van der Waals surface area contributed by atoms with Gasteiger partial charge in [-0.05, 0) is 38.0 Å². The molecule has 3 N–H and O–H groups in total. The van der Waals surface area contributed by atoms with E-state index in [0.717, 1.165) is 32.1 Å². The highest BCUT2D eigenvalue weighted by atomic mass is 32.2. The van der Waals surface area contributed by atoms with Crippen LogP contribution in [0, 0.1) is 5.92 Å². The number of hydrogen-bond donors (Lipinski definition) is 3. The fourth-order valence-corrected chi connectivity index (χ4v) is 4.42. The normalized spacial score (nSPS) is 33.2. The lowest BCUT2D eigenvalue weighted by Gasteiger charge is -2.37. The molecule has 2 amide bonds. The number of aliphatic hydroxyl groups excluding tert-OH is 1. The average molecular weight is 347 g/mol. The van der Waals surface area contributed by atoms with Crippen LogP contribution in [-0.2, 0) is 10.0 Å². The summed E-state index contributed by atoms with van der Waals surface area (Å²) in [5.74, 6) is 0.136. The molecule has 0 aromatic rings. The number of piperidine rings is 1. The van der Waals surface area contributed by atoms with E-state index in [0.29, 0.717) is 19.5 Å². The maximum atomic E-state index is 12.2. The van der Waals surface area contributed by atoms with Gasteiger partial charge < -0.3 is 15.7 Å². The Morgan fingerprint density at radius 3 is 2.39 bits per heavy atom. The summed E-state index contributed by atoms with van der Waals surface area (Å²) < 4.78 is 24.8. The first-order valence-corrected chi connectivity index (χ1v) is 10.3. The van der Waals surface area contributed by atoms with Gasteiger partial charge in [0.15, 0.2) is 0 Å². The minimum absolute atomic E-state index is 0.00665. The Kier molecular flexibility index (Phi) is 6.27. The monoisotopic (exact) mass is 347 g/mol. The Hall–Kier alpha value is -0.860. The molecule has 1 heterocycles. The van der Waals surface area contributed by atoms with E-state index in [1.54, 1.807) is 0 Å². The van der Waals surface area contributed by atoms with Crippen LogP contribution in [0.15, 0.2) is 0 Å². The lowest BCUT2D eigenvalue weighted by molar-refractivity contribution is 0.117. The second kappa shape index (κ2) is 7.81. The van der Waals surface area contributed by atoms with Crippen LogP contribution in [0.5, 0.6) is 0 Å². The first-order chi connectivity index (χ1) is 10.8. The predicted octanol–water partition coefficient (Wildman–Crippen LogP) is 0.649. The van der Waals surface area contributed by atoms with E-state index in [-0.39, 0.29) is 30.1 Å². The minimum atomic E-state index is -3.17. The third kappa shape index (κ3) is 5.32. The second-order valence-corrected chi connectivity index (χ2v) is 8.79. The highest BCUT2D eigenvalue weighted by Gasteiger charge is 2.33. The summed E-state index contributed by atoms with van der Waals surface area (Å²) >= 11 is 0. The molecule has 0 aromatic carbocycles. The zero-order chi connectivity index (χ0) is 17.0. The number of nitrogens with zero attached hydrogens (tertiary/aromatic N) is 1. The van der Waals surface area contributed by atoms with Gasteiger partial charge in [-0.25, -0.2) is 17.5 Å². The van der Waals surface area contributed by atoms with Crippen LogP contribution in [0.4, 0.5) is 4.79 Å². The van der Waals surface area contributed by atoms with Gasteiger partial charge in [-0.15, -0.1) is 0 Å². The van der Waals surface area contributed by atoms with Crippen LogP contribution in [-0.4, -0.2) is 61.4 Å². The molecule has 1 saturated carbocycles. The first-order valence-electron chi connectivity index (χ1n) is 8.49. The van der Waals surface area contributed by atoms with Gasteiger partial charge in [0.1, 0.15) is 0 Å². The van der Waals surface area contributed by atoms with Crippen molar-refractivity contribution in [1.29, 1.82) is 0 Å². The number of rotatable bonds is 4. The van der Waals surface area contributed by atoms with Gasteiger partial charge in [-0.1, -0.05) is 13.3 Å². The van der Waals surface area contributed by atoms with Crippen molar-refractivity contribution in [2.24, 2.45) is 5.92 Å². The minimum Gasteiger partial charge on any atom is -0.393 e. The Morgan fingerprint density at radius 2 is 1.83 bits per heavy atom. The van der Waals surface area contributed by atoms with Crippen molar-refractivity contribution in [2.45, 2.75) is 63.6 Å². The van der Waals surface area contributed by atoms with Crippen LogP contribution < -0.4 is 10.6 Å². The fourth-order valence-electron chi connectivity index (χ4n) is 3.52. The number of amides is 2. The van der Waals surface area contributed by atoms with Crippen molar-refractivity contribution in [3.05, 3.63) is 0 Å². The summed E-state index contributed by atoms with van der Waals surface area (Å²) in [5.41, 5.74) is 0. The number of sulfonamides is 1. The van der Waals surface area contributed by atoms with Crippen LogP contribution >= 0.6 is 0 Å². The summed E-state index contributed by atoms with van der Waals surface area (Å²) in [6.07, 6.45) is 5.54. The number of hydrogen-bond acceptors (Lipinski definition) is 4. The molecular weight excluding hydrogens is 318 g/mol. The quantitative estimate of drug-likeness (QED) is 0.695. The molecule has 1 aliphatic heterocycles. The maximum Gasteiger partial charge on any atom is 0.315 e. The second-order valence-electron chi connectivity index (χ2n) is 6.81. The molecule has 8 heteroatoms. The standard InChI is InChI=1S/C15H29N3O4S/c1-3-11-10-18(23(2,21)22)9-8-14(11)17-15(20)16-12-4-6-13(19)7-5-12/h11-14,19H,3-10H2,1-2H3,(H2,16,17,20). The topological polar surface area (TPSA) is 98.7 Å². The summed E-state index contributed by atoms with van der Waals surface area (Å²) in [6, 6.07) is -0.0515. The molecule has 134 valence electrons. The van der Waals surface area contributed by atoms with Crippen LogP contribution in [0.3, 0.4) is 0 Å². The van der Waals surface area contributed by atoms with Crippen molar-refractivity contribution < 1.29 is 18.3 Å². The number of carbonyl (C=O) groups excluding carboxylic acids is 1. The van der Waals surface area contributed by atoms with Gasteiger partial charge in [0.2, 0.25) is 10.0 Å². The van der Waals surface area contributed by atoms with E-state index in [1.807, 2.05) is 6.92 Å². The Bertz CT molecular complexity index is 503. The highest BCUT2D eigenvalue weighted by Crippen LogP contribution is 2.22. The van der Waals surface area contributed by atoms with Crippen LogP contribution in [0.1, 0.15) is 45.4 Å². The Balaban J connectivity index is 1.83. The van der Waals surface area contributed by atoms with E-state index in [2.05, 4.69) is 10.6 Å². The summed E-state index contributed by atoms with van der Waals surface area (Å²) in [4.78, 5) is 12.2. The maximum absolute atomic E-state index is 12.2. The molecule has 0 spiro atoms. The van der Waals surface area contributed by atoms with Gasteiger partial charge >= 0.3 is 6.03 Å².